The number of carbonyl (C=O) groups excluding carboxylic acids is 3. The summed E-state index contributed by atoms with van der Waals surface area (Å²) in [4.78, 5) is 37.9. The number of hydrogen-bond donors (Lipinski definition) is 0. The molecule has 60 heavy (non-hydrogen) atoms. The van der Waals surface area contributed by atoms with E-state index in [4.69, 9.17) is 14.2 Å². The maximum Gasteiger partial charge on any atom is 0.306 e. The summed E-state index contributed by atoms with van der Waals surface area (Å²) in [5, 5.41) is 0. The van der Waals surface area contributed by atoms with Crippen LogP contribution in [-0.4, -0.2) is 37.2 Å². The van der Waals surface area contributed by atoms with Crippen LogP contribution in [0.25, 0.3) is 0 Å². The van der Waals surface area contributed by atoms with E-state index in [-0.39, 0.29) is 31.1 Å². The van der Waals surface area contributed by atoms with Crippen LogP contribution in [0.15, 0.2) is 0 Å². The summed E-state index contributed by atoms with van der Waals surface area (Å²) >= 11 is 0. The van der Waals surface area contributed by atoms with E-state index < -0.39 is 6.10 Å². The third kappa shape index (κ3) is 47.5. The molecule has 0 rings (SSSR count). The maximum absolute atomic E-state index is 12.8. The predicted molar refractivity (Wildman–Crippen MR) is 257 cm³/mol. The minimum Gasteiger partial charge on any atom is -0.462 e. The summed E-state index contributed by atoms with van der Waals surface area (Å²) in [6, 6.07) is 0. The van der Waals surface area contributed by atoms with E-state index in [9.17, 15) is 14.4 Å². The van der Waals surface area contributed by atoms with Crippen molar-refractivity contribution < 1.29 is 28.6 Å². The van der Waals surface area contributed by atoms with Crippen molar-refractivity contribution in [1.29, 1.82) is 0 Å². The van der Waals surface area contributed by atoms with Crippen LogP contribution in [0, 0.1) is 5.92 Å². The van der Waals surface area contributed by atoms with Gasteiger partial charge in [-0.25, -0.2) is 0 Å². The first-order valence-corrected chi connectivity index (χ1v) is 26.9. The highest BCUT2D eigenvalue weighted by atomic mass is 16.6. The molecule has 1 atom stereocenters. The Labute approximate surface area is 374 Å². The van der Waals surface area contributed by atoms with Gasteiger partial charge in [0, 0.05) is 19.3 Å². The fourth-order valence-corrected chi connectivity index (χ4v) is 8.22. The van der Waals surface area contributed by atoms with Crippen molar-refractivity contribution in [3.05, 3.63) is 0 Å². The van der Waals surface area contributed by atoms with Gasteiger partial charge in [-0.3, -0.25) is 14.4 Å². The smallest absolute Gasteiger partial charge is 0.306 e. The molecule has 0 unspecified atom stereocenters. The number of carbonyl (C=O) groups is 3. The molecule has 0 amide bonds. The van der Waals surface area contributed by atoms with Crippen LogP contribution in [0.3, 0.4) is 0 Å². The highest BCUT2D eigenvalue weighted by Gasteiger charge is 2.19. The zero-order valence-corrected chi connectivity index (χ0v) is 40.9. The lowest BCUT2D eigenvalue weighted by molar-refractivity contribution is -0.167. The molecule has 0 N–H and O–H groups in total. The molecule has 0 bridgehead atoms. The Balaban J connectivity index is 4.27. The Morgan fingerprint density at radius 1 is 0.317 bits per heavy atom. The van der Waals surface area contributed by atoms with E-state index in [0.717, 1.165) is 63.7 Å². The van der Waals surface area contributed by atoms with E-state index in [2.05, 4.69) is 27.7 Å². The predicted octanol–water partition coefficient (Wildman–Crippen LogP) is 17.5. The van der Waals surface area contributed by atoms with Crippen LogP contribution < -0.4 is 0 Å². The Morgan fingerprint density at radius 2 is 0.550 bits per heavy atom. The first-order valence-electron chi connectivity index (χ1n) is 26.9. The van der Waals surface area contributed by atoms with E-state index in [1.54, 1.807) is 0 Å². The highest BCUT2D eigenvalue weighted by Crippen LogP contribution is 2.17. The number of unbranched alkanes of at least 4 members (excludes halogenated alkanes) is 36. The Hall–Kier alpha value is -1.59. The van der Waals surface area contributed by atoms with Crippen molar-refractivity contribution >= 4 is 17.9 Å². The molecule has 0 fully saturated rings. The lowest BCUT2D eigenvalue weighted by Gasteiger charge is -2.18. The summed E-state index contributed by atoms with van der Waals surface area (Å²) in [5.41, 5.74) is 0. The van der Waals surface area contributed by atoms with Crippen LogP contribution in [0.4, 0.5) is 0 Å². The molecule has 0 heterocycles. The minimum absolute atomic E-state index is 0.0625. The van der Waals surface area contributed by atoms with Crippen molar-refractivity contribution in [3.8, 4) is 0 Å². The average Bonchev–Trinajstić information content (AvgIpc) is 3.23. The van der Waals surface area contributed by atoms with Gasteiger partial charge in [-0.05, 0) is 25.2 Å². The number of rotatable bonds is 49. The van der Waals surface area contributed by atoms with Crippen molar-refractivity contribution in [2.75, 3.05) is 13.2 Å². The van der Waals surface area contributed by atoms with Crippen LogP contribution in [0.2, 0.25) is 0 Å². The Morgan fingerprint density at radius 3 is 0.817 bits per heavy atom. The molecule has 0 saturated carbocycles. The molecule has 0 aliphatic rings. The van der Waals surface area contributed by atoms with Gasteiger partial charge in [-0.15, -0.1) is 0 Å². The Kier molecular flexibility index (Phi) is 47.2. The summed E-state index contributed by atoms with van der Waals surface area (Å²) in [7, 11) is 0. The maximum atomic E-state index is 12.8. The normalized spacial score (nSPS) is 11.9. The number of hydrogen-bond acceptors (Lipinski definition) is 6. The van der Waals surface area contributed by atoms with Gasteiger partial charge in [-0.2, -0.15) is 0 Å². The van der Waals surface area contributed by atoms with Gasteiger partial charge in [-0.1, -0.05) is 265 Å². The van der Waals surface area contributed by atoms with E-state index in [1.165, 1.54) is 199 Å². The van der Waals surface area contributed by atoms with Gasteiger partial charge >= 0.3 is 17.9 Å². The summed E-state index contributed by atoms with van der Waals surface area (Å²) in [6.45, 7) is 9.03. The third-order valence-electron chi connectivity index (χ3n) is 12.3. The largest absolute Gasteiger partial charge is 0.462 e. The van der Waals surface area contributed by atoms with Crippen LogP contribution >= 0.6 is 0 Å². The van der Waals surface area contributed by atoms with Gasteiger partial charge in [0.15, 0.2) is 6.10 Å². The second-order valence-corrected chi connectivity index (χ2v) is 19.0. The van der Waals surface area contributed by atoms with Gasteiger partial charge in [0.05, 0.1) is 0 Å². The molecule has 0 aromatic carbocycles. The molecule has 6 heteroatoms. The lowest BCUT2D eigenvalue weighted by Crippen LogP contribution is -2.30. The Bertz CT molecular complexity index is 903. The molecule has 0 aliphatic heterocycles. The first kappa shape index (κ1) is 58.4. The quantitative estimate of drug-likeness (QED) is 0.0345. The van der Waals surface area contributed by atoms with Crippen molar-refractivity contribution in [1.82, 2.24) is 0 Å². The molecule has 0 spiro atoms. The summed E-state index contributed by atoms with van der Waals surface area (Å²) < 4.78 is 16.8. The number of ether oxygens (including phenoxy) is 3. The molecule has 356 valence electrons. The molecule has 0 aromatic rings. The zero-order valence-electron chi connectivity index (χ0n) is 40.9. The third-order valence-corrected chi connectivity index (χ3v) is 12.3. The van der Waals surface area contributed by atoms with Gasteiger partial charge in [0.25, 0.3) is 0 Å². The lowest BCUT2D eigenvalue weighted by atomic mass is 10.0. The van der Waals surface area contributed by atoms with Crippen LogP contribution in [-0.2, 0) is 28.6 Å². The van der Waals surface area contributed by atoms with Gasteiger partial charge < -0.3 is 14.2 Å². The minimum atomic E-state index is -0.760. The van der Waals surface area contributed by atoms with E-state index >= 15 is 0 Å². The zero-order chi connectivity index (χ0) is 43.8. The fourth-order valence-electron chi connectivity index (χ4n) is 8.22. The van der Waals surface area contributed by atoms with Crippen molar-refractivity contribution in [3.63, 3.8) is 0 Å². The molecule has 6 nitrogen and oxygen atoms in total. The van der Waals surface area contributed by atoms with Crippen molar-refractivity contribution in [2.24, 2.45) is 5.92 Å². The molecule has 0 aromatic heterocycles. The SMILES string of the molecule is CCCCCCCCCCCCCCCCCCC(=O)O[C@@H](COC(=O)CCCCCCCCCCCC)COC(=O)CCCCCCCCCCCCCCCC(C)C. The monoisotopic (exact) mass is 849 g/mol. The van der Waals surface area contributed by atoms with Gasteiger partial charge in [0.2, 0.25) is 0 Å². The summed E-state index contributed by atoms with van der Waals surface area (Å²) in [5.74, 6) is -0.00264. The first-order chi connectivity index (χ1) is 29.4. The van der Waals surface area contributed by atoms with Crippen molar-refractivity contribution in [2.45, 2.75) is 310 Å². The molecule has 0 saturated heterocycles. The van der Waals surface area contributed by atoms with Gasteiger partial charge in [0.1, 0.15) is 13.2 Å². The molecular formula is C54H104O6. The highest BCUT2D eigenvalue weighted by molar-refractivity contribution is 5.71. The van der Waals surface area contributed by atoms with Crippen LogP contribution in [0.5, 0.6) is 0 Å². The molecular weight excluding hydrogens is 745 g/mol. The summed E-state index contributed by atoms with van der Waals surface area (Å²) in [6.07, 6.45) is 50.9. The molecule has 0 radical (unpaired) electrons. The molecule has 0 aliphatic carbocycles. The van der Waals surface area contributed by atoms with E-state index in [1.807, 2.05) is 0 Å². The van der Waals surface area contributed by atoms with E-state index in [0.29, 0.717) is 19.3 Å². The fraction of sp³-hybridized carbons (Fsp3) is 0.944. The second-order valence-electron chi connectivity index (χ2n) is 19.0. The average molecular weight is 849 g/mol. The standard InChI is InChI=1S/C54H104O6/c1-5-7-9-11-13-15-17-18-19-20-23-27-31-35-39-43-47-54(57)60-51(48-58-52(55)45-41-37-33-29-16-14-12-10-8-6-2)49-59-53(56)46-42-38-34-30-26-24-21-22-25-28-32-36-40-44-50(3)4/h50-51H,5-49H2,1-4H3/t51-/m0/s1. The topological polar surface area (TPSA) is 78.9 Å². The number of esters is 3. The van der Waals surface area contributed by atoms with Crippen LogP contribution in [0.1, 0.15) is 304 Å². The second kappa shape index (κ2) is 48.4.